The van der Waals surface area contributed by atoms with Crippen LogP contribution in [0.3, 0.4) is 0 Å². The van der Waals surface area contributed by atoms with Crippen molar-refractivity contribution in [3.05, 3.63) is 0 Å². The molecule has 0 radical (unpaired) electrons. The van der Waals surface area contributed by atoms with E-state index in [1.54, 1.807) is 0 Å². The predicted molar refractivity (Wildman–Crippen MR) is 74.2 cm³/mol. The Labute approximate surface area is 180 Å². The summed E-state index contributed by atoms with van der Waals surface area (Å²) in [4.78, 5) is 21.2. The molecule has 0 aromatic heterocycles. The van der Waals surface area contributed by atoms with Crippen LogP contribution in [0.4, 0.5) is 70.2 Å². The summed E-state index contributed by atoms with van der Waals surface area (Å²) in [5.74, 6) is -50.7. The molecule has 2 fully saturated rings. The van der Waals surface area contributed by atoms with Crippen LogP contribution in [0.5, 0.6) is 0 Å². The van der Waals surface area contributed by atoms with Gasteiger partial charge in [-0.25, -0.2) is 44.7 Å². The van der Waals surface area contributed by atoms with Crippen molar-refractivity contribution in [3.63, 3.8) is 0 Å². The maximum absolute atomic E-state index is 14.8. The first-order valence-electron chi connectivity index (χ1n) is 8.50. The Morgan fingerprint density at radius 1 is 0.486 bits per heavy atom. The van der Waals surface area contributed by atoms with Crippen molar-refractivity contribution in [1.29, 1.82) is 0 Å². The zero-order chi connectivity index (χ0) is 28.3. The average molecular weight is 556 g/mol. The van der Waals surface area contributed by atoms with Crippen molar-refractivity contribution in [2.75, 3.05) is 0 Å². The molecule has 2 saturated carbocycles. The summed E-state index contributed by atoms with van der Waals surface area (Å²) in [7, 11) is 0. The van der Waals surface area contributed by atoms with Crippen LogP contribution in [0.1, 0.15) is 19.3 Å². The molecule has 0 aromatic rings. The second kappa shape index (κ2) is 6.77. The normalized spacial score (nSPS) is 42.7. The lowest BCUT2D eigenvalue weighted by molar-refractivity contribution is -0.409. The van der Waals surface area contributed by atoms with Crippen LogP contribution >= 0.6 is 0 Å². The largest absolute Gasteiger partial charge is 0.479 e. The van der Waals surface area contributed by atoms with Gasteiger partial charge in [0.25, 0.3) is 0 Å². The Morgan fingerprint density at radius 3 is 0.914 bits per heavy atom. The first kappa shape index (κ1) is 29.1. The maximum Gasteiger partial charge on any atom is 0.363 e. The molecule has 0 bridgehead atoms. The Kier molecular flexibility index (Phi) is 5.62. The molecule has 4 atom stereocenters. The number of carbonyl (C=O) groups is 2. The Hall–Kier alpha value is -2.18. The number of carboxylic acids is 2. The van der Waals surface area contributed by atoms with E-state index in [1.165, 1.54) is 0 Å². The second-order valence-corrected chi connectivity index (χ2v) is 8.09. The minimum Gasteiger partial charge on any atom is -0.479 e. The third kappa shape index (κ3) is 2.84. The fraction of sp³-hybridized carbons (Fsp3) is 0.867. The summed E-state index contributed by atoms with van der Waals surface area (Å²) >= 11 is 0. The van der Waals surface area contributed by atoms with E-state index >= 15 is 0 Å². The van der Waals surface area contributed by atoms with Crippen molar-refractivity contribution in [3.8, 4) is 0 Å². The summed E-state index contributed by atoms with van der Waals surface area (Å²) in [5.41, 5.74) is -26.1. The predicted octanol–water partition coefficient (Wildman–Crippen LogP) is 5.00. The van der Waals surface area contributed by atoms with Crippen LogP contribution in [0.15, 0.2) is 0 Å². The molecule has 35 heavy (non-hydrogen) atoms. The highest BCUT2D eigenvalue weighted by molar-refractivity contribution is 5.82. The Balaban J connectivity index is 2.78. The lowest BCUT2D eigenvalue weighted by Gasteiger charge is -2.54. The van der Waals surface area contributed by atoms with E-state index in [0.29, 0.717) is 0 Å². The van der Waals surface area contributed by atoms with Crippen LogP contribution < -0.4 is 0 Å². The summed E-state index contributed by atoms with van der Waals surface area (Å²) in [5, 5.41) is 16.6. The molecule has 4 unspecified atom stereocenters. The van der Waals surface area contributed by atoms with Gasteiger partial charge >= 0.3 is 58.8 Å². The molecule has 2 rings (SSSR count). The summed E-state index contributed by atoms with van der Waals surface area (Å²) in [6, 6.07) is 0. The molecule has 204 valence electrons. The van der Waals surface area contributed by atoms with Gasteiger partial charge < -0.3 is 10.2 Å². The van der Waals surface area contributed by atoms with Gasteiger partial charge in [-0.3, -0.25) is 0 Å². The number of halogens is 16. The monoisotopic (exact) mass is 556 g/mol. The average Bonchev–Trinajstić information content (AvgIpc) is 2.62. The van der Waals surface area contributed by atoms with Gasteiger partial charge in [-0.05, 0) is 0 Å². The van der Waals surface area contributed by atoms with Gasteiger partial charge in [0, 0.05) is 6.42 Å². The minimum absolute atomic E-state index is 3.95. The molecule has 4 nitrogen and oxygen atoms in total. The molecule has 0 spiro atoms. The number of hydrogen-bond donors (Lipinski definition) is 2. The van der Waals surface area contributed by atoms with Crippen LogP contribution in [0.25, 0.3) is 0 Å². The Morgan fingerprint density at radius 2 is 0.714 bits per heavy atom. The van der Waals surface area contributed by atoms with E-state index in [1.807, 2.05) is 0 Å². The van der Waals surface area contributed by atoms with Crippen LogP contribution in [0.2, 0.25) is 0 Å². The minimum atomic E-state index is -7.46. The maximum atomic E-state index is 14.8. The highest BCUT2D eigenvalue weighted by Gasteiger charge is 2.96. The van der Waals surface area contributed by atoms with E-state index in [4.69, 9.17) is 10.2 Å². The molecule has 2 N–H and O–H groups in total. The SMILES string of the molecule is O=C(O)C1(F)C(F)(F)CC(F)(CC2(F)CC(F)(F)C(F)(C(=O)O)C(F)(F)C2(F)F)C(F)(F)C1(F)F. The van der Waals surface area contributed by atoms with Gasteiger partial charge in [0.05, 0.1) is 12.8 Å². The molecular weight excluding hydrogens is 548 g/mol. The lowest BCUT2D eigenvalue weighted by Crippen LogP contribution is -2.82. The number of alkyl halides is 16. The molecule has 20 heteroatoms. The van der Waals surface area contributed by atoms with Crippen molar-refractivity contribution in [2.45, 2.75) is 77.5 Å². The Bertz CT molecular complexity index is 877. The number of hydrogen-bond acceptors (Lipinski definition) is 2. The van der Waals surface area contributed by atoms with E-state index < -0.39 is 89.4 Å². The van der Waals surface area contributed by atoms with Crippen LogP contribution in [0, 0.1) is 0 Å². The fourth-order valence-corrected chi connectivity index (χ4v) is 4.00. The molecule has 0 saturated heterocycles. The molecule has 0 heterocycles. The van der Waals surface area contributed by atoms with Crippen LogP contribution in [-0.2, 0) is 9.59 Å². The molecule has 0 aromatic carbocycles. The van der Waals surface area contributed by atoms with Gasteiger partial charge in [-0.2, -0.15) is 35.1 Å². The van der Waals surface area contributed by atoms with Gasteiger partial charge in [-0.15, -0.1) is 0 Å². The first-order chi connectivity index (χ1) is 15.0. The number of rotatable bonds is 4. The van der Waals surface area contributed by atoms with E-state index in [-0.39, 0.29) is 0 Å². The summed E-state index contributed by atoms with van der Waals surface area (Å²) in [6.07, 6.45) is -12.1. The number of carboxylic acid groups (broad SMARTS) is 2. The van der Waals surface area contributed by atoms with Crippen molar-refractivity contribution < 1.29 is 90.0 Å². The van der Waals surface area contributed by atoms with Gasteiger partial charge in [0.2, 0.25) is 0 Å². The third-order valence-electron chi connectivity index (χ3n) is 5.94. The summed E-state index contributed by atoms with van der Waals surface area (Å²) < 4.78 is 225. The molecule has 0 aliphatic heterocycles. The quantitative estimate of drug-likeness (QED) is 0.479. The van der Waals surface area contributed by atoms with E-state index in [9.17, 15) is 79.8 Å². The van der Waals surface area contributed by atoms with E-state index in [2.05, 4.69) is 0 Å². The van der Waals surface area contributed by atoms with Gasteiger partial charge in [0.15, 0.2) is 11.3 Å². The zero-order valence-electron chi connectivity index (χ0n) is 15.9. The molecule has 0 amide bonds. The van der Waals surface area contributed by atoms with Crippen molar-refractivity contribution in [1.82, 2.24) is 0 Å². The van der Waals surface area contributed by atoms with Gasteiger partial charge in [-0.1, -0.05) is 0 Å². The van der Waals surface area contributed by atoms with E-state index in [0.717, 1.165) is 0 Å². The van der Waals surface area contributed by atoms with Crippen molar-refractivity contribution in [2.24, 2.45) is 0 Å². The number of aliphatic carboxylic acids is 2. The molecule has 2 aliphatic rings. The van der Waals surface area contributed by atoms with Gasteiger partial charge in [0.1, 0.15) is 0 Å². The zero-order valence-corrected chi connectivity index (χ0v) is 15.9. The molecular formula is C15H8F16O4. The first-order valence-corrected chi connectivity index (χ1v) is 8.50. The smallest absolute Gasteiger partial charge is 0.363 e. The standard InChI is InChI=1S/C15H8F16O4/c16-6(2-8(18,19)10(22,4(32)33)14(28,29)12(6,24)25)1-7(17)3-9(20,21)11(23,5(34)35)15(30,31)13(7,26)27/h1-3H2,(H,32,33)(H,34,35). The summed E-state index contributed by atoms with van der Waals surface area (Å²) in [6.45, 7) is 0. The fourth-order valence-electron chi connectivity index (χ4n) is 4.00. The lowest BCUT2D eigenvalue weighted by atomic mass is 9.61. The van der Waals surface area contributed by atoms with Crippen LogP contribution in [-0.4, -0.2) is 80.4 Å². The third-order valence-corrected chi connectivity index (χ3v) is 5.94. The molecule has 2 aliphatic carbocycles. The topological polar surface area (TPSA) is 74.6 Å². The van der Waals surface area contributed by atoms with Crippen molar-refractivity contribution >= 4 is 11.9 Å². The highest BCUT2D eigenvalue weighted by Crippen LogP contribution is 2.70. The second-order valence-electron chi connectivity index (χ2n) is 8.09. The highest BCUT2D eigenvalue weighted by atomic mass is 19.3.